The predicted molar refractivity (Wildman–Crippen MR) is 55.6 cm³/mol. The number of thioether (sulfide) groups is 1. The molecule has 15 heavy (non-hydrogen) atoms. The van der Waals surface area contributed by atoms with Crippen molar-refractivity contribution in [2.45, 2.75) is 11.7 Å². The number of carbonyl (C=O) groups excluding carboxylic acids is 1. The summed E-state index contributed by atoms with van der Waals surface area (Å²) in [5.74, 6) is 0.0807. The molecule has 8 heteroatoms. The van der Waals surface area contributed by atoms with Gasteiger partial charge in [0.05, 0.1) is 7.11 Å². The van der Waals surface area contributed by atoms with Crippen LogP contribution in [0.2, 0.25) is 0 Å². The fraction of sp³-hybridized carbons (Fsp3) is 0.429. The first kappa shape index (κ1) is 12.0. The molecule has 0 radical (unpaired) electrons. The number of tetrazole rings is 1. The highest BCUT2D eigenvalue weighted by Gasteiger charge is 2.10. The Bertz CT molecular complexity index is 368. The molecule has 1 aromatic rings. The van der Waals surface area contributed by atoms with Gasteiger partial charge in [0, 0.05) is 10.8 Å². The van der Waals surface area contributed by atoms with Crippen LogP contribution in [0.5, 0.6) is 0 Å². The second-order valence-electron chi connectivity index (χ2n) is 2.50. The van der Waals surface area contributed by atoms with E-state index in [2.05, 4.69) is 26.8 Å². The van der Waals surface area contributed by atoms with Crippen LogP contribution in [0.1, 0.15) is 0 Å². The number of esters is 1. The normalized spacial score (nSPS) is 10.0. The van der Waals surface area contributed by atoms with Crippen molar-refractivity contribution in [1.29, 1.82) is 0 Å². The standard InChI is InChI=1S/C7H9ClN4O2S/c1-5(8)4-15-7-9-10-11-12(7)3-6(13)14-2/h1,3-4H2,2H3. The molecule has 1 heterocycles. The lowest BCUT2D eigenvalue weighted by atomic mass is 10.7. The highest BCUT2D eigenvalue weighted by molar-refractivity contribution is 7.99. The van der Waals surface area contributed by atoms with Crippen LogP contribution in [-0.2, 0) is 16.1 Å². The quantitative estimate of drug-likeness (QED) is 0.564. The van der Waals surface area contributed by atoms with Crippen molar-refractivity contribution < 1.29 is 9.53 Å². The Morgan fingerprint density at radius 1 is 1.73 bits per heavy atom. The number of rotatable bonds is 5. The van der Waals surface area contributed by atoms with Crippen LogP contribution in [-0.4, -0.2) is 39.0 Å². The van der Waals surface area contributed by atoms with Crippen molar-refractivity contribution in [2.24, 2.45) is 0 Å². The van der Waals surface area contributed by atoms with Gasteiger partial charge in [-0.05, 0) is 10.4 Å². The van der Waals surface area contributed by atoms with E-state index in [1.807, 2.05) is 0 Å². The van der Waals surface area contributed by atoms with E-state index in [1.54, 1.807) is 0 Å². The zero-order valence-corrected chi connectivity index (χ0v) is 9.59. The van der Waals surface area contributed by atoms with Crippen molar-refractivity contribution in [2.75, 3.05) is 12.9 Å². The van der Waals surface area contributed by atoms with Crippen molar-refractivity contribution in [1.82, 2.24) is 20.2 Å². The van der Waals surface area contributed by atoms with Gasteiger partial charge < -0.3 is 4.74 Å². The number of hydrogen-bond acceptors (Lipinski definition) is 6. The summed E-state index contributed by atoms with van der Waals surface area (Å²) in [6, 6.07) is 0. The van der Waals surface area contributed by atoms with Gasteiger partial charge in [-0.3, -0.25) is 4.79 Å². The molecule has 0 saturated heterocycles. The molecule has 6 nitrogen and oxygen atoms in total. The topological polar surface area (TPSA) is 69.9 Å². The number of hydrogen-bond donors (Lipinski definition) is 0. The van der Waals surface area contributed by atoms with E-state index >= 15 is 0 Å². The Kier molecular flexibility index (Phi) is 4.57. The van der Waals surface area contributed by atoms with Crippen molar-refractivity contribution in [3.8, 4) is 0 Å². The Hall–Kier alpha value is -1.08. The second-order valence-corrected chi connectivity index (χ2v) is 3.98. The van der Waals surface area contributed by atoms with E-state index in [0.29, 0.717) is 15.9 Å². The average Bonchev–Trinajstić information content (AvgIpc) is 2.62. The average molecular weight is 249 g/mol. The monoisotopic (exact) mass is 248 g/mol. The minimum Gasteiger partial charge on any atom is -0.468 e. The highest BCUT2D eigenvalue weighted by atomic mass is 35.5. The summed E-state index contributed by atoms with van der Waals surface area (Å²) in [7, 11) is 1.31. The van der Waals surface area contributed by atoms with Gasteiger partial charge in [0.1, 0.15) is 6.54 Å². The lowest BCUT2D eigenvalue weighted by Gasteiger charge is -2.01. The Morgan fingerprint density at radius 2 is 2.47 bits per heavy atom. The molecule has 82 valence electrons. The highest BCUT2D eigenvalue weighted by Crippen LogP contribution is 2.17. The van der Waals surface area contributed by atoms with Gasteiger partial charge in [-0.2, -0.15) is 0 Å². The maximum atomic E-state index is 11.0. The van der Waals surface area contributed by atoms with E-state index in [1.165, 1.54) is 23.6 Å². The van der Waals surface area contributed by atoms with Gasteiger partial charge in [0.15, 0.2) is 0 Å². The first-order valence-corrected chi connectivity index (χ1v) is 5.29. The third kappa shape index (κ3) is 3.88. The summed E-state index contributed by atoms with van der Waals surface area (Å²) in [5, 5.41) is 11.8. The Labute approximate surface area is 95.6 Å². The van der Waals surface area contributed by atoms with E-state index in [4.69, 9.17) is 11.6 Å². The molecule has 0 aliphatic rings. The van der Waals surface area contributed by atoms with E-state index in [-0.39, 0.29) is 6.54 Å². The molecule has 0 unspecified atom stereocenters. The minimum atomic E-state index is -0.408. The smallest absolute Gasteiger partial charge is 0.327 e. The Morgan fingerprint density at radius 3 is 3.07 bits per heavy atom. The molecular weight excluding hydrogens is 240 g/mol. The van der Waals surface area contributed by atoms with Gasteiger partial charge in [0.2, 0.25) is 5.16 Å². The molecule has 0 N–H and O–H groups in total. The molecular formula is C7H9ClN4O2S. The van der Waals surface area contributed by atoms with Crippen molar-refractivity contribution in [3.05, 3.63) is 11.6 Å². The van der Waals surface area contributed by atoms with Crippen LogP contribution >= 0.6 is 23.4 Å². The number of methoxy groups -OCH3 is 1. The lowest BCUT2D eigenvalue weighted by Crippen LogP contribution is -2.13. The molecule has 0 saturated carbocycles. The van der Waals surface area contributed by atoms with Gasteiger partial charge in [-0.25, -0.2) is 4.68 Å². The van der Waals surface area contributed by atoms with E-state index in [9.17, 15) is 4.79 Å². The maximum Gasteiger partial charge on any atom is 0.327 e. The Balaban J connectivity index is 2.60. The number of ether oxygens (including phenoxy) is 1. The molecule has 0 spiro atoms. The van der Waals surface area contributed by atoms with Gasteiger partial charge >= 0.3 is 5.97 Å². The summed E-state index contributed by atoms with van der Waals surface area (Å²) in [6.07, 6.45) is 0. The molecule has 0 fully saturated rings. The first-order chi connectivity index (χ1) is 7.13. The predicted octanol–water partition coefficient (Wildman–Crippen LogP) is 0.691. The van der Waals surface area contributed by atoms with Gasteiger partial charge in [0.25, 0.3) is 0 Å². The molecule has 0 aromatic carbocycles. The summed E-state index contributed by atoms with van der Waals surface area (Å²) in [5.41, 5.74) is 0. The molecule has 1 aromatic heterocycles. The SMILES string of the molecule is C=C(Cl)CSc1nnnn1CC(=O)OC. The molecule has 1 rings (SSSR count). The third-order valence-electron chi connectivity index (χ3n) is 1.36. The van der Waals surface area contributed by atoms with E-state index < -0.39 is 5.97 Å². The van der Waals surface area contributed by atoms with Crippen molar-refractivity contribution >= 4 is 29.3 Å². The number of carbonyl (C=O) groups is 1. The van der Waals surface area contributed by atoms with Crippen LogP contribution in [0.3, 0.4) is 0 Å². The molecule has 0 amide bonds. The molecule has 0 aliphatic heterocycles. The lowest BCUT2D eigenvalue weighted by molar-refractivity contribution is -0.141. The van der Waals surface area contributed by atoms with Crippen LogP contribution in [0.4, 0.5) is 0 Å². The maximum absolute atomic E-state index is 11.0. The zero-order chi connectivity index (χ0) is 11.3. The summed E-state index contributed by atoms with van der Waals surface area (Å²) in [6.45, 7) is 3.52. The number of nitrogens with zero attached hydrogens (tertiary/aromatic N) is 4. The zero-order valence-electron chi connectivity index (χ0n) is 8.01. The third-order valence-corrected chi connectivity index (χ3v) is 2.70. The van der Waals surface area contributed by atoms with Crippen molar-refractivity contribution in [3.63, 3.8) is 0 Å². The van der Waals surface area contributed by atoms with Crippen LogP contribution in [0.15, 0.2) is 16.8 Å². The fourth-order valence-electron chi connectivity index (χ4n) is 0.729. The largest absolute Gasteiger partial charge is 0.468 e. The minimum absolute atomic E-state index is 0.0133. The van der Waals surface area contributed by atoms with Crippen LogP contribution in [0, 0.1) is 0 Å². The summed E-state index contributed by atoms with van der Waals surface area (Å²) in [4.78, 5) is 11.0. The van der Waals surface area contributed by atoms with Crippen LogP contribution in [0.25, 0.3) is 0 Å². The summed E-state index contributed by atoms with van der Waals surface area (Å²) >= 11 is 6.90. The number of halogens is 1. The summed E-state index contributed by atoms with van der Waals surface area (Å²) < 4.78 is 5.84. The van der Waals surface area contributed by atoms with Gasteiger partial charge in [-0.1, -0.05) is 29.9 Å². The number of aromatic nitrogens is 4. The fourth-order valence-corrected chi connectivity index (χ4v) is 1.52. The molecule has 0 bridgehead atoms. The second kappa shape index (κ2) is 5.72. The van der Waals surface area contributed by atoms with Crippen LogP contribution < -0.4 is 0 Å². The van der Waals surface area contributed by atoms with E-state index in [0.717, 1.165) is 0 Å². The van der Waals surface area contributed by atoms with Gasteiger partial charge in [-0.15, -0.1) is 5.10 Å². The first-order valence-electron chi connectivity index (χ1n) is 3.92. The molecule has 0 atom stereocenters. The molecule has 0 aliphatic carbocycles.